The number of anilines is 1. The molecule has 2 N–H and O–H groups in total. The molecule has 2 aromatic heterocycles. The minimum Gasteiger partial charge on any atom is -0.475 e. The molecule has 2 aromatic rings. The van der Waals surface area contributed by atoms with Crippen LogP contribution < -0.4 is 4.90 Å². The van der Waals surface area contributed by atoms with E-state index in [2.05, 4.69) is 49.1 Å². The van der Waals surface area contributed by atoms with E-state index < -0.39 is 24.3 Å². The van der Waals surface area contributed by atoms with Gasteiger partial charge in [-0.25, -0.2) is 19.6 Å². The zero-order valence-electron chi connectivity index (χ0n) is 23.1. The molecular weight excluding hydrogens is 608 g/mol. The molecule has 0 bridgehead atoms. The van der Waals surface area contributed by atoms with Gasteiger partial charge in [0.1, 0.15) is 0 Å². The number of amides is 1. The van der Waals surface area contributed by atoms with E-state index in [9.17, 15) is 31.1 Å². The molecule has 3 aliphatic rings. The van der Waals surface area contributed by atoms with Gasteiger partial charge in [-0.1, -0.05) is 6.07 Å². The average molecular weight is 640 g/mol. The van der Waals surface area contributed by atoms with Crippen molar-refractivity contribution in [1.82, 2.24) is 19.8 Å². The summed E-state index contributed by atoms with van der Waals surface area (Å²) in [6, 6.07) is 6.21. The fourth-order valence-electron chi connectivity index (χ4n) is 5.84. The van der Waals surface area contributed by atoms with E-state index in [1.807, 2.05) is 17.4 Å². The minimum atomic E-state index is -5.08. The monoisotopic (exact) mass is 639 g/mol. The first-order chi connectivity index (χ1) is 20.0. The Morgan fingerprint density at radius 1 is 0.930 bits per heavy atom. The average Bonchev–Trinajstić information content (AvgIpc) is 3.65. The summed E-state index contributed by atoms with van der Waals surface area (Å²) in [5.74, 6) is -4.38. The molecule has 1 unspecified atom stereocenters. The highest BCUT2D eigenvalue weighted by Crippen LogP contribution is 2.58. The number of hydrogen-bond donors (Lipinski definition) is 2. The Bertz CT molecular complexity index is 1220. The number of fused-ring (bicyclic) bond motifs is 1. The molecule has 0 aromatic carbocycles. The molecule has 238 valence electrons. The van der Waals surface area contributed by atoms with Crippen molar-refractivity contribution in [3.05, 3.63) is 40.8 Å². The third-order valence-corrected chi connectivity index (χ3v) is 8.81. The van der Waals surface area contributed by atoms with Crippen LogP contribution in [0.1, 0.15) is 31.1 Å². The van der Waals surface area contributed by atoms with Crippen molar-refractivity contribution in [2.24, 2.45) is 10.8 Å². The first-order valence-corrected chi connectivity index (χ1v) is 14.1. The third kappa shape index (κ3) is 7.93. The summed E-state index contributed by atoms with van der Waals surface area (Å²) in [5, 5.41) is 16.4. The van der Waals surface area contributed by atoms with Gasteiger partial charge in [-0.2, -0.15) is 26.3 Å². The van der Waals surface area contributed by atoms with Crippen LogP contribution in [0.3, 0.4) is 0 Å². The van der Waals surface area contributed by atoms with Gasteiger partial charge in [0.25, 0.3) is 0 Å². The molecule has 5 heterocycles. The second-order valence-corrected chi connectivity index (χ2v) is 11.4. The quantitative estimate of drug-likeness (QED) is 0.475. The van der Waals surface area contributed by atoms with Gasteiger partial charge < -0.3 is 20.0 Å². The Hall–Kier alpha value is -3.47. The Kier molecular flexibility index (Phi) is 10.6. The molecular formula is C26H31F6N5O5S. The summed E-state index contributed by atoms with van der Waals surface area (Å²) in [4.78, 5) is 48.7. The van der Waals surface area contributed by atoms with E-state index in [-0.39, 0.29) is 10.8 Å². The van der Waals surface area contributed by atoms with Gasteiger partial charge in [0.2, 0.25) is 11.9 Å². The van der Waals surface area contributed by atoms with Crippen LogP contribution in [0.5, 0.6) is 0 Å². The number of alkyl halides is 6. The number of carboxylic acids is 2. The maximum absolute atomic E-state index is 13.6. The lowest BCUT2D eigenvalue weighted by Crippen LogP contribution is -2.52. The zero-order chi connectivity index (χ0) is 32.1. The van der Waals surface area contributed by atoms with Crippen molar-refractivity contribution in [2.75, 3.05) is 44.2 Å². The fraction of sp³-hybridized carbons (Fsp3) is 0.577. The van der Waals surface area contributed by atoms with Crippen molar-refractivity contribution in [3.8, 4) is 0 Å². The zero-order valence-corrected chi connectivity index (χ0v) is 23.9. The SMILES string of the molecule is CCN1CCC2(CN(c3ncccn3)CC23CCN(Cc2cccs2)CC3)C1=O.O=C(O)C(F)(F)F.O=C(O)C(F)(F)F. The van der Waals surface area contributed by atoms with E-state index in [4.69, 9.17) is 19.8 Å². The lowest BCUT2D eigenvalue weighted by atomic mass is 9.60. The molecule has 2 spiro atoms. The molecule has 3 saturated heterocycles. The van der Waals surface area contributed by atoms with Gasteiger partial charge >= 0.3 is 24.3 Å². The number of nitrogens with zero attached hydrogens (tertiary/aromatic N) is 5. The number of rotatable bonds is 4. The van der Waals surface area contributed by atoms with Crippen molar-refractivity contribution in [2.45, 2.75) is 45.1 Å². The van der Waals surface area contributed by atoms with Gasteiger partial charge in [-0.05, 0) is 56.8 Å². The van der Waals surface area contributed by atoms with Crippen LogP contribution in [-0.4, -0.2) is 99.4 Å². The van der Waals surface area contributed by atoms with Crippen molar-refractivity contribution < 1.29 is 50.9 Å². The summed E-state index contributed by atoms with van der Waals surface area (Å²) in [5.41, 5.74) is -0.254. The van der Waals surface area contributed by atoms with Crippen LogP contribution in [0.25, 0.3) is 0 Å². The highest BCUT2D eigenvalue weighted by Gasteiger charge is 2.65. The van der Waals surface area contributed by atoms with Crippen LogP contribution in [0.4, 0.5) is 32.3 Å². The van der Waals surface area contributed by atoms with Crippen LogP contribution in [0, 0.1) is 10.8 Å². The van der Waals surface area contributed by atoms with Crippen molar-refractivity contribution in [1.29, 1.82) is 0 Å². The van der Waals surface area contributed by atoms with E-state index in [0.717, 1.165) is 71.0 Å². The number of carbonyl (C=O) groups is 3. The second kappa shape index (κ2) is 13.4. The number of carboxylic acid groups (broad SMARTS) is 2. The number of aromatic nitrogens is 2. The predicted molar refractivity (Wildman–Crippen MR) is 142 cm³/mol. The van der Waals surface area contributed by atoms with Gasteiger partial charge in [0.15, 0.2) is 0 Å². The van der Waals surface area contributed by atoms with Crippen molar-refractivity contribution in [3.63, 3.8) is 0 Å². The summed E-state index contributed by atoms with van der Waals surface area (Å²) in [6.07, 6.45) is -3.44. The molecule has 3 fully saturated rings. The maximum Gasteiger partial charge on any atom is 0.490 e. The molecule has 10 nitrogen and oxygen atoms in total. The van der Waals surface area contributed by atoms with E-state index >= 15 is 0 Å². The summed E-state index contributed by atoms with van der Waals surface area (Å²) in [7, 11) is 0. The standard InChI is InChI=1S/C22H29N5OS.2C2HF3O2/c1-2-26-13-8-22(19(26)28)17-27(20-23-9-4-10-24-20)16-21(22)6-11-25(12-7-21)15-18-5-3-14-29-18;2*3-2(4,5)1(6)7/h3-5,9-10,14H,2,6-8,11-13,15-17H2,1H3;2*(H,6,7). The number of hydrogen-bond acceptors (Lipinski definition) is 8. The van der Waals surface area contributed by atoms with E-state index in [1.54, 1.807) is 12.4 Å². The fourth-order valence-corrected chi connectivity index (χ4v) is 6.58. The highest BCUT2D eigenvalue weighted by molar-refractivity contribution is 7.09. The summed E-state index contributed by atoms with van der Waals surface area (Å²) >= 11 is 1.83. The van der Waals surface area contributed by atoms with Crippen LogP contribution >= 0.6 is 11.3 Å². The number of thiophene rings is 1. The first kappa shape index (κ1) is 34.0. The predicted octanol–water partition coefficient (Wildman–Crippen LogP) is 4.15. The normalized spacial score (nSPS) is 21.8. The number of aliphatic carboxylic acids is 2. The molecule has 1 atom stereocenters. The molecule has 5 rings (SSSR count). The number of piperidine rings is 1. The molecule has 0 radical (unpaired) electrons. The van der Waals surface area contributed by atoms with E-state index in [1.165, 1.54) is 4.88 Å². The number of likely N-dealkylation sites (tertiary alicyclic amines) is 2. The Balaban J connectivity index is 0.000000303. The largest absolute Gasteiger partial charge is 0.490 e. The lowest BCUT2D eigenvalue weighted by molar-refractivity contribution is -0.193. The molecule has 1 amide bonds. The van der Waals surface area contributed by atoms with Crippen LogP contribution in [0.15, 0.2) is 36.0 Å². The number of carbonyl (C=O) groups excluding carboxylic acids is 1. The topological polar surface area (TPSA) is 127 Å². The third-order valence-electron chi connectivity index (χ3n) is 7.95. The van der Waals surface area contributed by atoms with Crippen molar-refractivity contribution >= 4 is 35.1 Å². The van der Waals surface area contributed by atoms with Gasteiger partial charge in [0, 0.05) is 55.4 Å². The summed E-state index contributed by atoms with van der Waals surface area (Å²) in [6.45, 7) is 8.60. The maximum atomic E-state index is 13.6. The first-order valence-electron chi connectivity index (χ1n) is 13.2. The van der Waals surface area contributed by atoms with Crippen LogP contribution in [-0.2, 0) is 20.9 Å². The van der Waals surface area contributed by atoms with Gasteiger partial charge in [0.05, 0.1) is 5.41 Å². The Labute approximate surface area is 246 Å². The van der Waals surface area contributed by atoms with Gasteiger partial charge in [-0.15, -0.1) is 11.3 Å². The van der Waals surface area contributed by atoms with E-state index in [0.29, 0.717) is 5.91 Å². The molecule has 17 heteroatoms. The van der Waals surface area contributed by atoms with Crippen LogP contribution in [0.2, 0.25) is 0 Å². The summed E-state index contributed by atoms with van der Waals surface area (Å²) < 4.78 is 63.5. The number of halogens is 6. The smallest absolute Gasteiger partial charge is 0.475 e. The Morgan fingerprint density at radius 3 is 1.93 bits per heavy atom. The highest BCUT2D eigenvalue weighted by atomic mass is 32.1. The Morgan fingerprint density at radius 2 is 1.49 bits per heavy atom. The minimum absolute atomic E-state index is 0.0269. The second-order valence-electron chi connectivity index (χ2n) is 10.4. The van der Waals surface area contributed by atoms with Gasteiger partial charge in [-0.3, -0.25) is 9.69 Å². The lowest BCUT2D eigenvalue weighted by Gasteiger charge is -2.46. The molecule has 0 saturated carbocycles. The molecule has 3 aliphatic heterocycles. The molecule has 43 heavy (non-hydrogen) atoms. The molecule has 0 aliphatic carbocycles.